The normalized spacial score (nSPS) is 20.0. The van der Waals surface area contributed by atoms with Crippen LogP contribution < -0.4 is 24.9 Å². The molecule has 15 nitrogen and oxygen atoms in total. The molecule has 4 aromatic carbocycles. The molecule has 3 aromatic heterocycles. The van der Waals surface area contributed by atoms with Gasteiger partial charge < -0.3 is 43.4 Å². The van der Waals surface area contributed by atoms with E-state index in [0.717, 1.165) is 27.4 Å². The topological polar surface area (TPSA) is 200 Å². The fraction of sp³-hybridized carbons (Fsp3) is 0.227. The van der Waals surface area contributed by atoms with Crippen LogP contribution in [0.1, 0.15) is 53.8 Å². The lowest BCUT2D eigenvalue weighted by molar-refractivity contribution is -0.124. The van der Waals surface area contributed by atoms with Gasteiger partial charge in [0.05, 0.1) is 17.4 Å². The number of amides is 2. The van der Waals surface area contributed by atoms with E-state index >= 15 is 0 Å². The molecule has 2 unspecified atom stereocenters. The second-order valence-corrected chi connectivity index (χ2v) is 18.2. The number of halogens is 4. The summed E-state index contributed by atoms with van der Waals surface area (Å²) >= 11 is 3.70. The number of anilines is 1. The summed E-state index contributed by atoms with van der Waals surface area (Å²) in [7, 11) is -5.98. The fourth-order valence-electron chi connectivity index (χ4n) is 8.46. The van der Waals surface area contributed by atoms with Gasteiger partial charge in [0.2, 0.25) is 17.7 Å². The predicted octanol–water partition coefficient (Wildman–Crippen LogP) is 8.61. The molecule has 328 valence electrons. The molecule has 6 heterocycles. The van der Waals surface area contributed by atoms with Crippen molar-refractivity contribution in [3.05, 3.63) is 136 Å². The number of oxazole rings is 2. The lowest BCUT2D eigenvalue weighted by atomic mass is 9.72. The number of alkyl halides is 3. The number of hydrogen-bond acceptors (Lipinski definition) is 12. The molecule has 0 radical (unpaired) electrons. The number of aromatic amines is 1. The Morgan fingerprint density at radius 2 is 1.81 bits per heavy atom. The maximum Gasteiger partial charge on any atom is 0.534 e. The molecule has 0 aliphatic carbocycles. The number of hydrogen-bond donors (Lipinski definition) is 4. The van der Waals surface area contributed by atoms with E-state index in [1.807, 2.05) is 74.5 Å². The van der Waals surface area contributed by atoms with Gasteiger partial charge in [0.1, 0.15) is 29.9 Å². The minimum atomic E-state index is -5.98. The molecule has 7 aromatic rings. The van der Waals surface area contributed by atoms with E-state index in [-0.39, 0.29) is 58.8 Å². The van der Waals surface area contributed by atoms with Crippen LogP contribution in [0.2, 0.25) is 0 Å². The second-order valence-electron chi connectivity index (χ2n) is 15.8. The molecule has 2 amide bonds. The van der Waals surface area contributed by atoms with Crippen LogP contribution in [0.4, 0.5) is 23.7 Å². The van der Waals surface area contributed by atoms with Crippen molar-refractivity contribution in [2.45, 2.75) is 56.1 Å². The first-order valence-electron chi connectivity index (χ1n) is 19.8. The number of H-pyrrole nitrogens is 1. The fourth-order valence-corrected chi connectivity index (χ4v) is 9.42. The standard InChI is InChI=1S/C44H34BrF3N6O9S/c1-21(2)33-40-53-36(39-50-19-32(60-39)25-18-49-34-24(25)10-6-13-31(34)63-64(57,58)44(46,47)48)37(62-40)43-26-11-7-12-28(45)35(26)54-41(43)61-30-15-14-23(16-27(30)43)17-29(38(55)52-33)51-42(56)59-20-22-8-4-3-5-9-22/h3-16,18-19,21,29,33,41,49,54H,17,20H2,1-2H3,(H,51,56)(H,52,55)/t29-,33-,41?,43?/m0/s1. The third kappa shape index (κ3) is 6.73. The van der Waals surface area contributed by atoms with E-state index in [0.29, 0.717) is 22.4 Å². The highest BCUT2D eigenvalue weighted by Crippen LogP contribution is 2.60. The molecule has 4 atom stereocenters. The molecule has 1 spiro atoms. The molecular weight excluding hydrogens is 925 g/mol. The van der Waals surface area contributed by atoms with Crippen molar-refractivity contribution in [2.75, 3.05) is 5.32 Å². The minimum absolute atomic E-state index is 0.00978. The Balaban J connectivity index is 1.10. The van der Waals surface area contributed by atoms with E-state index in [1.165, 1.54) is 18.5 Å². The first-order chi connectivity index (χ1) is 30.6. The highest BCUT2D eigenvalue weighted by Gasteiger charge is 2.61. The summed E-state index contributed by atoms with van der Waals surface area (Å²) in [5.74, 6) is -0.415. The van der Waals surface area contributed by atoms with Crippen molar-refractivity contribution in [1.29, 1.82) is 0 Å². The molecule has 0 saturated carbocycles. The third-order valence-corrected chi connectivity index (χ3v) is 13.1. The van der Waals surface area contributed by atoms with Gasteiger partial charge in [-0.05, 0) is 51.2 Å². The quantitative estimate of drug-likeness (QED) is 0.0837. The van der Waals surface area contributed by atoms with Gasteiger partial charge in [-0.25, -0.2) is 14.8 Å². The molecule has 10 rings (SSSR count). The maximum atomic E-state index is 14.3. The summed E-state index contributed by atoms with van der Waals surface area (Å²) in [5.41, 5.74) is -2.86. The van der Waals surface area contributed by atoms with Crippen LogP contribution in [-0.4, -0.2) is 53.1 Å². The van der Waals surface area contributed by atoms with Gasteiger partial charge in [-0.1, -0.05) is 80.6 Å². The van der Waals surface area contributed by atoms with Gasteiger partial charge in [0.25, 0.3) is 0 Å². The van der Waals surface area contributed by atoms with Crippen molar-refractivity contribution in [2.24, 2.45) is 5.92 Å². The Labute approximate surface area is 370 Å². The van der Waals surface area contributed by atoms with E-state index in [2.05, 4.69) is 46.0 Å². The van der Waals surface area contributed by atoms with Crippen LogP contribution in [0.5, 0.6) is 11.5 Å². The van der Waals surface area contributed by atoms with Gasteiger partial charge >= 0.3 is 21.7 Å². The van der Waals surface area contributed by atoms with Crippen molar-refractivity contribution in [3.8, 4) is 34.4 Å². The molecular formula is C44H34BrF3N6O9S. The number of fused-ring (bicyclic) bond motifs is 5. The molecule has 64 heavy (non-hydrogen) atoms. The van der Waals surface area contributed by atoms with Gasteiger partial charge in [-0.3, -0.25) is 4.79 Å². The summed E-state index contributed by atoms with van der Waals surface area (Å²) in [5, 5.41) is 9.62. The number of alkyl carbamates (subject to hydrolysis) is 1. The van der Waals surface area contributed by atoms with E-state index in [9.17, 15) is 31.2 Å². The summed E-state index contributed by atoms with van der Waals surface area (Å²) in [6.45, 7) is 3.74. The average Bonchev–Trinajstić information content (AvgIpc) is 4.09. The zero-order valence-corrected chi connectivity index (χ0v) is 35.9. The lowest BCUT2D eigenvalue weighted by Gasteiger charge is -2.28. The number of para-hydroxylation sites is 2. The number of aromatic nitrogens is 3. The SMILES string of the molecule is CC(C)[C@@H]1NC(=O)[C@@H](NC(=O)OCc2ccccc2)Cc2ccc3c(c2)C2(c4cccc(Br)c4NC2O3)c2oc1nc2-c1ncc(-c2c[nH]c3c(OS(=O)(=O)C(F)(F)F)cccc23)o1. The molecule has 0 saturated heterocycles. The second kappa shape index (κ2) is 15.2. The summed E-state index contributed by atoms with van der Waals surface area (Å²) in [6, 6.07) is 22.4. The Bertz CT molecular complexity index is 3120. The summed E-state index contributed by atoms with van der Waals surface area (Å²) < 4.78 is 94.5. The highest BCUT2D eigenvalue weighted by molar-refractivity contribution is 9.10. The Morgan fingerprint density at radius 1 is 1.02 bits per heavy atom. The first-order valence-corrected chi connectivity index (χ1v) is 22.0. The Morgan fingerprint density at radius 3 is 2.59 bits per heavy atom. The van der Waals surface area contributed by atoms with Crippen molar-refractivity contribution < 1.29 is 53.7 Å². The maximum absolute atomic E-state index is 14.3. The van der Waals surface area contributed by atoms with Crippen molar-refractivity contribution >= 4 is 54.6 Å². The van der Waals surface area contributed by atoms with Gasteiger partial charge in [-0.15, -0.1) is 0 Å². The zero-order chi connectivity index (χ0) is 44.7. The first kappa shape index (κ1) is 41.2. The Kier molecular flexibility index (Phi) is 9.78. The van der Waals surface area contributed by atoms with Crippen LogP contribution in [0.3, 0.4) is 0 Å². The van der Waals surface area contributed by atoms with Crippen LogP contribution in [0.25, 0.3) is 33.8 Å². The number of rotatable bonds is 8. The average molecular weight is 960 g/mol. The predicted molar refractivity (Wildman–Crippen MR) is 226 cm³/mol. The number of ether oxygens (including phenoxy) is 2. The zero-order valence-electron chi connectivity index (χ0n) is 33.4. The van der Waals surface area contributed by atoms with Crippen LogP contribution in [0.15, 0.2) is 111 Å². The van der Waals surface area contributed by atoms with E-state index < -0.39 is 57.1 Å². The van der Waals surface area contributed by atoms with E-state index in [1.54, 1.807) is 12.1 Å². The lowest BCUT2D eigenvalue weighted by Crippen LogP contribution is -2.49. The van der Waals surface area contributed by atoms with Crippen molar-refractivity contribution in [3.63, 3.8) is 0 Å². The summed E-state index contributed by atoms with van der Waals surface area (Å²) in [4.78, 5) is 40.0. The number of carbonyl (C=O) groups excluding carboxylic acids is 2. The van der Waals surface area contributed by atoms with Crippen molar-refractivity contribution in [1.82, 2.24) is 25.6 Å². The van der Waals surface area contributed by atoms with Crippen LogP contribution >= 0.6 is 15.9 Å². The monoisotopic (exact) mass is 958 g/mol. The number of nitrogens with zero attached hydrogens (tertiary/aromatic N) is 2. The van der Waals surface area contributed by atoms with Crippen LogP contribution in [-0.2, 0) is 38.1 Å². The highest BCUT2D eigenvalue weighted by atomic mass is 79.9. The third-order valence-electron chi connectivity index (χ3n) is 11.4. The van der Waals surface area contributed by atoms with Crippen LogP contribution in [0, 0.1) is 5.92 Å². The number of carbonyl (C=O) groups is 2. The van der Waals surface area contributed by atoms with Gasteiger partial charge in [-0.2, -0.15) is 21.6 Å². The Hall–Kier alpha value is -6.80. The minimum Gasteiger partial charge on any atom is -0.469 e. The summed E-state index contributed by atoms with van der Waals surface area (Å²) in [6.07, 6.45) is 1.31. The van der Waals surface area contributed by atoms with Gasteiger partial charge in [0.15, 0.2) is 29.2 Å². The molecule has 3 aliphatic heterocycles. The van der Waals surface area contributed by atoms with Gasteiger partial charge in [0, 0.05) is 39.2 Å². The number of benzene rings is 4. The molecule has 3 aliphatic rings. The smallest absolute Gasteiger partial charge is 0.469 e. The van der Waals surface area contributed by atoms with E-state index in [4.69, 9.17) is 23.3 Å². The molecule has 4 N–H and O–H groups in total. The molecule has 4 bridgehead atoms. The molecule has 20 heteroatoms. The molecule has 0 fully saturated rings. The largest absolute Gasteiger partial charge is 0.534 e. The number of nitrogens with one attached hydrogen (secondary N) is 4.